The highest BCUT2D eigenvalue weighted by molar-refractivity contribution is 6.03. The quantitative estimate of drug-likeness (QED) is 0.555. The van der Waals surface area contributed by atoms with Gasteiger partial charge in [-0.1, -0.05) is 18.2 Å². The number of allylic oxidation sites excluding steroid dienone is 1. The topological polar surface area (TPSA) is 88.5 Å². The summed E-state index contributed by atoms with van der Waals surface area (Å²) in [6, 6.07) is 9.02. The normalized spacial score (nSPS) is 22.8. The molecule has 1 aromatic rings. The predicted molar refractivity (Wildman–Crippen MR) is 98.8 cm³/mol. The average molecular weight is 429 g/mol. The number of nitriles is 1. The Morgan fingerprint density at radius 2 is 2.00 bits per heavy atom. The van der Waals surface area contributed by atoms with Crippen molar-refractivity contribution in [3.63, 3.8) is 0 Å². The minimum atomic E-state index is -5.12. The second-order valence-corrected chi connectivity index (χ2v) is 6.88. The molecular weight excluding hydrogens is 409 g/mol. The van der Waals surface area contributed by atoms with Gasteiger partial charge in [0.05, 0.1) is 11.6 Å². The first kappa shape index (κ1) is 23.3. The Kier molecular flexibility index (Phi) is 7.18. The third-order valence-electron chi connectivity index (χ3n) is 4.57. The number of esters is 1. The van der Waals surface area contributed by atoms with E-state index in [-0.39, 0.29) is 24.2 Å². The highest BCUT2D eigenvalue weighted by Gasteiger charge is 2.53. The van der Waals surface area contributed by atoms with E-state index < -0.39 is 54.2 Å². The summed E-state index contributed by atoms with van der Waals surface area (Å²) >= 11 is 0. The van der Waals surface area contributed by atoms with Gasteiger partial charge in [-0.2, -0.15) is 18.4 Å². The molecule has 0 radical (unpaired) electrons. The van der Waals surface area contributed by atoms with E-state index in [1.807, 2.05) is 6.07 Å². The Bertz CT molecular complexity index is 873. The lowest BCUT2D eigenvalue weighted by molar-refractivity contribution is -0.114. The van der Waals surface area contributed by atoms with E-state index in [9.17, 15) is 26.7 Å². The highest BCUT2D eigenvalue weighted by Crippen LogP contribution is 2.41. The van der Waals surface area contributed by atoms with Gasteiger partial charge in [-0.3, -0.25) is 4.99 Å². The van der Waals surface area contributed by atoms with Crippen LogP contribution in [-0.4, -0.2) is 36.4 Å². The molecule has 30 heavy (non-hydrogen) atoms. The molecule has 0 aromatic heterocycles. The Hall–Kier alpha value is -2.96. The molecular formula is C20H20F5N3O2. The third kappa shape index (κ3) is 5.55. The van der Waals surface area contributed by atoms with Crippen LogP contribution in [0.15, 0.2) is 46.6 Å². The van der Waals surface area contributed by atoms with Crippen LogP contribution in [0.3, 0.4) is 0 Å². The summed E-state index contributed by atoms with van der Waals surface area (Å²) in [5.74, 6) is -5.39. The molecule has 0 heterocycles. The predicted octanol–water partition coefficient (Wildman–Crippen LogP) is 4.41. The zero-order valence-electron chi connectivity index (χ0n) is 16.0. The number of nitrogens with two attached hydrogens (primary N) is 1. The monoisotopic (exact) mass is 429 g/mol. The summed E-state index contributed by atoms with van der Waals surface area (Å²) < 4.78 is 74.0. The van der Waals surface area contributed by atoms with E-state index in [4.69, 9.17) is 15.7 Å². The molecule has 0 saturated heterocycles. The van der Waals surface area contributed by atoms with Gasteiger partial charge in [0.15, 0.2) is 6.10 Å². The Labute approximate surface area is 170 Å². The molecule has 5 nitrogen and oxygen atoms in total. The average Bonchev–Trinajstić information content (AvgIpc) is 2.69. The van der Waals surface area contributed by atoms with Gasteiger partial charge in [0.1, 0.15) is 5.70 Å². The van der Waals surface area contributed by atoms with Crippen molar-refractivity contribution in [1.29, 1.82) is 5.26 Å². The van der Waals surface area contributed by atoms with Gasteiger partial charge in [-0.05, 0) is 31.9 Å². The number of aliphatic imine (C=N–C) groups is 1. The Balaban J connectivity index is 2.47. The van der Waals surface area contributed by atoms with E-state index in [1.54, 1.807) is 13.0 Å². The largest absolute Gasteiger partial charge is 0.447 e. The molecule has 1 saturated carbocycles. The number of nitrogens with zero attached hydrogens (tertiary/aromatic N) is 2. The number of alkyl halides is 5. The molecule has 0 bridgehead atoms. The van der Waals surface area contributed by atoms with E-state index in [1.165, 1.54) is 24.3 Å². The second-order valence-electron chi connectivity index (χ2n) is 6.88. The van der Waals surface area contributed by atoms with Crippen LogP contribution in [0.25, 0.3) is 0 Å². The fourth-order valence-corrected chi connectivity index (χ4v) is 2.88. The van der Waals surface area contributed by atoms with Gasteiger partial charge in [0, 0.05) is 30.2 Å². The first-order chi connectivity index (χ1) is 14.0. The Morgan fingerprint density at radius 3 is 2.57 bits per heavy atom. The first-order valence-corrected chi connectivity index (χ1v) is 9.11. The molecule has 0 spiro atoms. The number of carbonyl (C=O) groups excluding carboxylic acids is 1. The van der Waals surface area contributed by atoms with Crippen LogP contribution in [0.1, 0.15) is 36.5 Å². The van der Waals surface area contributed by atoms with Crippen LogP contribution in [0.4, 0.5) is 22.0 Å². The van der Waals surface area contributed by atoms with E-state index in [0.717, 1.165) is 0 Å². The summed E-state index contributed by atoms with van der Waals surface area (Å²) in [4.78, 5) is 16.3. The molecule has 1 aliphatic carbocycles. The Morgan fingerprint density at radius 1 is 1.37 bits per heavy atom. The minimum absolute atomic E-state index is 0.0520. The van der Waals surface area contributed by atoms with E-state index in [2.05, 4.69) is 4.99 Å². The van der Waals surface area contributed by atoms with Crippen LogP contribution in [0.5, 0.6) is 0 Å². The standard InChI is InChI=1S/C20H20F5N3O2/c1-12(11-26)8-10-28-14-7-9-19(21,22)17(15(14)16(27)20(23,24)25)30-18(29)13-5-3-2-4-6-13/h2-6,12,17H,7-10,27H2,1H3/t12-,17+/m1/s1. The van der Waals surface area contributed by atoms with Crippen molar-refractivity contribution >= 4 is 11.7 Å². The molecule has 2 rings (SSSR count). The number of rotatable bonds is 5. The van der Waals surface area contributed by atoms with Crippen LogP contribution in [0.2, 0.25) is 0 Å². The lowest BCUT2D eigenvalue weighted by Gasteiger charge is -2.35. The van der Waals surface area contributed by atoms with Gasteiger partial charge >= 0.3 is 12.1 Å². The van der Waals surface area contributed by atoms with Crippen molar-refractivity contribution in [1.82, 2.24) is 0 Å². The SMILES string of the molecule is C[C@@H](C#N)CCN=C1CCC(F)(F)[C@@H](OC(=O)c2ccccc2)C1=C(N)C(F)(F)F. The summed E-state index contributed by atoms with van der Waals surface area (Å²) in [6.45, 7) is 1.55. The summed E-state index contributed by atoms with van der Waals surface area (Å²) in [6.07, 6.45) is -8.77. The summed E-state index contributed by atoms with van der Waals surface area (Å²) in [5.41, 5.74) is 1.99. The van der Waals surface area contributed by atoms with Crippen molar-refractivity contribution in [3.8, 4) is 6.07 Å². The van der Waals surface area contributed by atoms with Crippen LogP contribution in [0, 0.1) is 17.2 Å². The number of ether oxygens (including phenoxy) is 1. The van der Waals surface area contributed by atoms with Gasteiger partial charge in [0.2, 0.25) is 0 Å². The zero-order valence-corrected chi connectivity index (χ0v) is 16.0. The van der Waals surface area contributed by atoms with Gasteiger partial charge < -0.3 is 10.5 Å². The number of halogens is 5. The van der Waals surface area contributed by atoms with Gasteiger partial charge in [-0.25, -0.2) is 13.6 Å². The zero-order chi connectivity index (χ0) is 22.5. The molecule has 10 heteroatoms. The fourth-order valence-electron chi connectivity index (χ4n) is 2.88. The summed E-state index contributed by atoms with van der Waals surface area (Å²) in [7, 11) is 0. The molecule has 1 fully saturated rings. The van der Waals surface area contributed by atoms with Crippen molar-refractivity contribution < 1.29 is 31.5 Å². The van der Waals surface area contributed by atoms with E-state index in [0.29, 0.717) is 0 Å². The maximum Gasteiger partial charge on any atom is 0.431 e. The maximum atomic E-state index is 14.6. The number of benzene rings is 1. The number of hydrogen-bond acceptors (Lipinski definition) is 5. The van der Waals surface area contributed by atoms with Gasteiger partial charge in [-0.15, -0.1) is 0 Å². The van der Waals surface area contributed by atoms with Crippen LogP contribution >= 0.6 is 0 Å². The molecule has 0 amide bonds. The van der Waals surface area contributed by atoms with Crippen molar-refractivity contribution in [2.24, 2.45) is 16.6 Å². The van der Waals surface area contributed by atoms with Crippen molar-refractivity contribution in [2.75, 3.05) is 6.54 Å². The van der Waals surface area contributed by atoms with Crippen LogP contribution < -0.4 is 5.73 Å². The lowest BCUT2D eigenvalue weighted by Crippen LogP contribution is -2.47. The third-order valence-corrected chi connectivity index (χ3v) is 4.57. The van der Waals surface area contributed by atoms with E-state index >= 15 is 0 Å². The van der Waals surface area contributed by atoms with Gasteiger partial charge in [0.25, 0.3) is 5.92 Å². The molecule has 2 atom stereocenters. The lowest BCUT2D eigenvalue weighted by atomic mass is 9.85. The van der Waals surface area contributed by atoms with Crippen LogP contribution in [-0.2, 0) is 4.74 Å². The summed E-state index contributed by atoms with van der Waals surface area (Å²) in [5, 5.41) is 8.80. The molecule has 1 aromatic carbocycles. The number of carbonyl (C=O) groups is 1. The maximum absolute atomic E-state index is 14.6. The molecule has 0 aliphatic heterocycles. The molecule has 2 N–H and O–H groups in total. The minimum Gasteiger partial charge on any atom is -0.447 e. The fraction of sp³-hybridized carbons (Fsp3) is 0.450. The number of hydrogen-bond donors (Lipinski definition) is 1. The first-order valence-electron chi connectivity index (χ1n) is 9.11. The second kappa shape index (κ2) is 9.24. The molecule has 0 unspecified atom stereocenters. The van der Waals surface area contributed by atoms with Crippen molar-refractivity contribution in [3.05, 3.63) is 47.2 Å². The molecule has 1 aliphatic rings. The highest BCUT2D eigenvalue weighted by atomic mass is 19.4. The molecule has 162 valence electrons. The smallest absolute Gasteiger partial charge is 0.431 e. The van der Waals surface area contributed by atoms with Crippen molar-refractivity contribution in [2.45, 2.75) is 44.4 Å².